The van der Waals surface area contributed by atoms with E-state index in [1.54, 1.807) is 59.1 Å². The molecule has 5 aromatic rings. The van der Waals surface area contributed by atoms with E-state index in [9.17, 15) is 24.4 Å². The zero-order valence-electron chi connectivity index (χ0n) is 36.8. The van der Waals surface area contributed by atoms with Crippen molar-refractivity contribution < 1.29 is 42.2 Å². The number of urea groups is 1. The van der Waals surface area contributed by atoms with Crippen molar-refractivity contribution >= 4 is 46.2 Å². The number of amides is 5. The molecule has 1 aromatic heterocycles. The number of benzene rings is 4. The standard InChI is InChI=1S/C48H49F2N9O7/c1-4-65-41-25-31(7-14-40(41)64-3)38(15-18-51)59-45(61)35-12-8-32(26-37(35)46(59)62)56-21-23-57(24-22-56)42-16-19-55(29-48(42,49)50)28-30-5-9-33(10-6-30)66-34-11-13-36-39(27-34)54(2)53-44(36)58-20-17-43(60)52-47(58)63/h5-14,25-27,38,42H,4,15-17,19-24,28-29H2,1-3H3,(H,52,60,63)/t38-,42+/m1/s1. The number of carbonyl (C=O) groups excluding carboxylic acids is 4. The van der Waals surface area contributed by atoms with Crippen molar-refractivity contribution in [3.8, 4) is 29.1 Å². The summed E-state index contributed by atoms with van der Waals surface area (Å²) in [7, 11) is 3.28. The van der Waals surface area contributed by atoms with E-state index in [0.717, 1.165) is 27.1 Å². The SMILES string of the molecule is CCOc1cc([C@@H](CC#N)N2C(=O)c3ccc(N4CCN([C@H]5CCN(Cc6ccc(Oc7ccc8c(N9CCC(=O)NC9=O)nn(C)c8c7)cc6)CC5(F)F)CC4)cc3C2=O)ccc1OC. The fourth-order valence-electron chi connectivity index (χ4n) is 9.52. The predicted octanol–water partition coefficient (Wildman–Crippen LogP) is 6.50. The van der Waals surface area contributed by atoms with Crippen molar-refractivity contribution in [2.75, 3.05) is 69.3 Å². The van der Waals surface area contributed by atoms with Crippen LogP contribution in [-0.4, -0.2) is 120 Å². The number of piperidine rings is 1. The molecule has 0 aliphatic carbocycles. The lowest BCUT2D eigenvalue weighted by atomic mass is 9.97. The van der Waals surface area contributed by atoms with Crippen LogP contribution in [0.4, 0.5) is 25.1 Å². The van der Waals surface area contributed by atoms with Gasteiger partial charge in [0, 0.05) is 76.4 Å². The smallest absolute Gasteiger partial charge is 0.329 e. The number of rotatable bonds is 13. The average molecular weight is 902 g/mol. The van der Waals surface area contributed by atoms with Crippen LogP contribution in [-0.2, 0) is 18.4 Å². The van der Waals surface area contributed by atoms with Crippen LogP contribution in [0.25, 0.3) is 10.9 Å². The van der Waals surface area contributed by atoms with Crippen LogP contribution in [0.3, 0.4) is 0 Å². The minimum atomic E-state index is -2.94. The van der Waals surface area contributed by atoms with E-state index in [1.807, 2.05) is 48.2 Å². The van der Waals surface area contributed by atoms with Gasteiger partial charge in [0.15, 0.2) is 17.3 Å². The van der Waals surface area contributed by atoms with E-state index >= 15 is 8.78 Å². The number of anilines is 2. The Hall–Kier alpha value is -7.10. The molecule has 18 heteroatoms. The molecule has 0 bridgehead atoms. The van der Waals surface area contributed by atoms with Crippen LogP contribution in [0.2, 0.25) is 0 Å². The van der Waals surface area contributed by atoms with Crippen molar-refractivity contribution in [1.82, 2.24) is 29.8 Å². The van der Waals surface area contributed by atoms with Crippen LogP contribution >= 0.6 is 0 Å². The highest BCUT2D eigenvalue weighted by Gasteiger charge is 2.48. The predicted molar refractivity (Wildman–Crippen MR) is 239 cm³/mol. The summed E-state index contributed by atoms with van der Waals surface area (Å²) in [6.07, 6.45) is 0.383. The summed E-state index contributed by atoms with van der Waals surface area (Å²) in [6, 6.07) is 22.9. The Balaban J connectivity index is 0.786. The molecule has 9 rings (SSSR count). The van der Waals surface area contributed by atoms with Crippen LogP contribution in [0, 0.1) is 11.3 Å². The molecule has 3 fully saturated rings. The van der Waals surface area contributed by atoms with Gasteiger partial charge in [0.1, 0.15) is 11.5 Å². The number of ether oxygens (including phenoxy) is 3. The quantitative estimate of drug-likeness (QED) is 0.128. The number of fused-ring (bicyclic) bond motifs is 2. The van der Waals surface area contributed by atoms with Gasteiger partial charge >= 0.3 is 6.03 Å². The molecular formula is C48H49F2N9O7. The van der Waals surface area contributed by atoms with E-state index in [-0.39, 0.29) is 43.0 Å². The second-order valence-corrected chi connectivity index (χ2v) is 16.9. The van der Waals surface area contributed by atoms with E-state index in [2.05, 4.69) is 21.4 Å². The first-order chi connectivity index (χ1) is 31.8. The van der Waals surface area contributed by atoms with Crippen molar-refractivity contribution in [3.05, 3.63) is 101 Å². The Morgan fingerprint density at radius 2 is 1.64 bits per heavy atom. The fraction of sp³-hybridized carbons (Fsp3) is 0.375. The third kappa shape index (κ3) is 8.47. The monoisotopic (exact) mass is 901 g/mol. The molecule has 1 N–H and O–H groups in total. The number of carbonyl (C=O) groups is 4. The number of halogens is 2. The van der Waals surface area contributed by atoms with Crippen molar-refractivity contribution in [1.29, 1.82) is 5.26 Å². The summed E-state index contributed by atoms with van der Waals surface area (Å²) in [5.74, 6) is -1.72. The number of methoxy groups -OCH3 is 1. The number of hydrogen-bond donors (Lipinski definition) is 1. The van der Waals surface area contributed by atoms with E-state index in [1.165, 1.54) is 12.0 Å². The molecule has 66 heavy (non-hydrogen) atoms. The summed E-state index contributed by atoms with van der Waals surface area (Å²) >= 11 is 0. The number of piperazine rings is 1. The molecule has 5 amide bonds. The molecule has 342 valence electrons. The first-order valence-electron chi connectivity index (χ1n) is 22.0. The second-order valence-electron chi connectivity index (χ2n) is 16.9. The maximum Gasteiger partial charge on any atom is 0.329 e. The number of aromatic nitrogens is 2. The van der Waals surface area contributed by atoms with Crippen LogP contribution in [0.1, 0.15) is 64.1 Å². The Morgan fingerprint density at radius 3 is 2.35 bits per heavy atom. The maximum atomic E-state index is 16.0. The molecule has 0 saturated carbocycles. The Bertz CT molecular complexity index is 2750. The zero-order valence-corrected chi connectivity index (χ0v) is 36.8. The fourth-order valence-corrected chi connectivity index (χ4v) is 9.52. The molecular weight excluding hydrogens is 853 g/mol. The first-order valence-corrected chi connectivity index (χ1v) is 22.0. The van der Waals surface area contributed by atoms with Gasteiger partial charge in [-0.3, -0.25) is 44.0 Å². The largest absolute Gasteiger partial charge is 0.493 e. The van der Waals surface area contributed by atoms with Gasteiger partial charge in [-0.25, -0.2) is 13.6 Å². The minimum absolute atomic E-state index is 0.115. The highest BCUT2D eigenvalue weighted by molar-refractivity contribution is 6.22. The number of alkyl halides is 2. The Morgan fingerprint density at radius 1 is 0.879 bits per heavy atom. The summed E-state index contributed by atoms with van der Waals surface area (Å²) < 4.78 is 50.8. The number of imide groups is 2. The van der Waals surface area contributed by atoms with Gasteiger partial charge in [-0.2, -0.15) is 10.4 Å². The highest BCUT2D eigenvalue weighted by atomic mass is 19.3. The molecule has 4 aromatic carbocycles. The lowest BCUT2D eigenvalue weighted by Crippen LogP contribution is -2.61. The molecule has 5 heterocycles. The molecule has 4 aliphatic heterocycles. The lowest BCUT2D eigenvalue weighted by Gasteiger charge is -2.46. The molecule has 3 saturated heterocycles. The van der Waals surface area contributed by atoms with Gasteiger partial charge in [-0.15, -0.1) is 0 Å². The molecule has 0 spiro atoms. The second kappa shape index (κ2) is 18.1. The molecule has 16 nitrogen and oxygen atoms in total. The van der Waals surface area contributed by atoms with Gasteiger partial charge in [0.25, 0.3) is 17.7 Å². The number of hydrogen-bond acceptors (Lipinski definition) is 12. The van der Waals surface area contributed by atoms with Gasteiger partial charge in [0.2, 0.25) is 5.91 Å². The summed E-state index contributed by atoms with van der Waals surface area (Å²) in [5, 5.41) is 17.3. The van der Waals surface area contributed by atoms with E-state index in [0.29, 0.717) is 86.7 Å². The van der Waals surface area contributed by atoms with Gasteiger partial charge in [-0.05, 0) is 79.1 Å². The minimum Gasteiger partial charge on any atom is -0.493 e. The van der Waals surface area contributed by atoms with Crippen molar-refractivity contribution in [2.45, 2.75) is 50.7 Å². The normalized spacial score (nSPS) is 19.5. The first kappa shape index (κ1) is 44.1. The van der Waals surface area contributed by atoms with Crippen molar-refractivity contribution in [2.24, 2.45) is 7.05 Å². The molecule has 0 unspecified atom stereocenters. The Labute approximate surface area is 379 Å². The number of nitrogens with one attached hydrogen (secondary N) is 1. The van der Waals surface area contributed by atoms with Gasteiger partial charge in [-0.1, -0.05) is 18.2 Å². The summed E-state index contributed by atoms with van der Waals surface area (Å²) in [4.78, 5) is 60.0. The topological polar surface area (TPSA) is 166 Å². The van der Waals surface area contributed by atoms with E-state index < -0.39 is 35.9 Å². The average Bonchev–Trinajstić information content (AvgIpc) is 3.76. The van der Waals surface area contributed by atoms with Crippen LogP contribution in [0.15, 0.2) is 78.9 Å². The zero-order chi connectivity index (χ0) is 46.3. The molecule has 0 radical (unpaired) electrons. The van der Waals surface area contributed by atoms with Crippen LogP contribution in [0.5, 0.6) is 23.0 Å². The Kier molecular flexibility index (Phi) is 12.1. The van der Waals surface area contributed by atoms with E-state index in [4.69, 9.17) is 14.2 Å². The highest BCUT2D eigenvalue weighted by Crippen LogP contribution is 2.40. The third-order valence-electron chi connectivity index (χ3n) is 12.8. The lowest BCUT2D eigenvalue weighted by molar-refractivity contribution is -0.129. The number of nitrogens with zero attached hydrogens (tertiary/aromatic N) is 8. The van der Waals surface area contributed by atoms with Gasteiger partial charge < -0.3 is 19.1 Å². The van der Waals surface area contributed by atoms with Gasteiger partial charge in [0.05, 0.1) is 61.5 Å². The maximum absolute atomic E-state index is 16.0. The number of likely N-dealkylation sites (tertiary alicyclic amines) is 1. The number of nitriles is 1. The summed E-state index contributed by atoms with van der Waals surface area (Å²) in [6.45, 7) is 4.70. The van der Waals surface area contributed by atoms with Crippen LogP contribution < -0.4 is 29.3 Å². The summed E-state index contributed by atoms with van der Waals surface area (Å²) in [5.41, 5.74) is 3.41. The third-order valence-corrected chi connectivity index (χ3v) is 12.8. The number of aryl methyl sites for hydroxylation is 1. The van der Waals surface area contributed by atoms with Crippen molar-refractivity contribution in [3.63, 3.8) is 0 Å². The molecule has 4 aliphatic rings. The molecule has 2 atom stereocenters.